The number of esters is 1. The van der Waals surface area contributed by atoms with E-state index in [1.807, 2.05) is 6.92 Å². The number of Topliss-reactive ketones (excluding diaryl/α,β-unsaturated/α-hetero) is 1. The molecule has 0 aromatic heterocycles. The summed E-state index contributed by atoms with van der Waals surface area (Å²) in [6.45, 7) is 2.04. The van der Waals surface area contributed by atoms with E-state index in [1.165, 1.54) is 0 Å². The maximum absolute atomic E-state index is 15.2. The number of carbonyl (C=O) groups is 2. The number of ketones is 1. The van der Waals surface area contributed by atoms with Crippen LogP contribution in [-0.4, -0.2) is 22.4 Å². The molecule has 0 aliphatic heterocycles. The lowest BCUT2D eigenvalue weighted by Crippen LogP contribution is -2.58. The van der Waals surface area contributed by atoms with Crippen LogP contribution in [0.15, 0.2) is 0 Å². The van der Waals surface area contributed by atoms with Gasteiger partial charge >= 0.3 is 5.97 Å². The van der Waals surface area contributed by atoms with E-state index in [-0.39, 0.29) is 36.1 Å². The Hall–Kier alpha value is -0.700. The number of hydrogen-bond acceptors (Lipinski definition) is 7. The standard InChI is InChI=1S/C18H27FO6S/c1-2-3-4-5-6-18(19,26-25-24-22)16(21)23-17-9-12-7-13(10-17)15(20)14(8-12)11-17/h12-14,22H,2-11H2,1H3/p-1. The molecule has 4 fully saturated rings. The van der Waals surface area contributed by atoms with Gasteiger partial charge in [-0.3, -0.25) is 9.83 Å². The molecule has 148 valence electrons. The Morgan fingerprint density at radius 3 is 2.58 bits per heavy atom. The van der Waals surface area contributed by atoms with Gasteiger partial charge in [0, 0.05) is 18.3 Å². The van der Waals surface area contributed by atoms with Gasteiger partial charge in [-0.25, -0.2) is 9.18 Å². The summed E-state index contributed by atoms with van der Waals surface area (Å²) in [5.41, 5.74) is -0.749. The predicted molar refractivity (Wildman–Crippen MR) is 89.7 cm³/mol. The Balaban J connectivity index is 1.66. The van der Waals surface area contributed by atoms with E-state index in [2.05, 4.69) is 9.37 Å². The molecular formula is C18H26FO6S-. The van der Waals surface area contributed by atoms with Crippen LogP contribution in [0.4, 0.5) is 4.39 Å². The SMILES string of the molecule is CCCCCCC(F)(SOO[O-])C(=O)OC12CC3CC(C1)C(=O)C(C3)C2. The molecule has 4 aliphatic rings. The molecule has 0 heterocycles. The molecule has 4 aliphatic carbocycles. The Bertz CT molecular complexity index is 526. The van der Waals surface area contributed by atoms with Crippen molar-refractivity contribution in [2.75, 3.05) is 0 Å². The van der Waals surface area contributed by atoms with Crippen LogP contribution >= 0.6 is 12.0 Å². The lowest BCUT2D eigenvalue weighted by molar-refractivity contribution is -0.777. The quantitative estimate of drug-likeness (QED) is 0.186. The molecule has 4 saturated carbocycles. The zero-order valence-electron chi connectivity index (χ0n) is 15.0. The monoisotopic (exact) mass is 389 g/mol. The van der Waals surface area contributed by atoms with E-state index in [0.29, 0.717) is 31.6 Å². The number of hydrogen-bond donors (Lipinski definition) is 0. The Morgan fingerprint density at radius 2 is 1.96 bits per heavy atom. The molecule has 0 saturated heterocycles. The summed E-state index contributed by atoms with van der Waals surface area (Å²) in [6.07, 6.45) is 6.45. The van der Waals surface area contributed by atoms with Gasteiger partial charge in [0.1, 0.15) is 11.4 Å². The number of halogens is 1. The van der Waals surface area contributed by atoms with Crippen LogP contribution in [-0.2, 0) is 23.7 Å². The fourth-order valence-corrected chi connectivity index (χ4v) is 5.57. The zero-order chi connectivity index (χ0) is 18.8. The number of unbranched alkanes of at least 4 members (excludes halogenated alkanes) is 3. The molecule has 0 amide bonds. The fourth-order valence-electron chi connectivity index (χ4n) is 5.10. The largest absolute Gasteiger partial charge is 0.691 e. The van der Waals surface area contributed by atoms with Crippen molar-refractivity contribution in [2.24, 2.45) is 17.8 Å². The first-order chi connectivity index (χ1) is 12.4. The van der Waals surface area contributed by atoms with Crippen LogP contribution < -0.4 is 5.26 Å². The first-order valence-electron chi connectivity index (χ1n) is 9.52. The summed E-state index contributed by atoms with van der Waals surface area (Å²) >= 11 is 0.0763. The van der Waals surface area contributed by atoms with Crippen LogP contribution in [0, 0.1) is 17.8 Å². The summed E-state index contributed by atoms with van der Waals surface area (Å²) < 4.78 is 25.1. The molecule has 26 heavy (non-hydrogen) atoms. The minimum Gasteiger partial charge on any atom is -0.691 e. The Morgan fingerprint density at radius 1 is 1.27 bits per heavy atom. The molecule has 0 radical (unpaired) electrons. The van der Waals surface area contributed by atoms with E-state index in [4.69, 9.17) is 4.74 Å². The second kappa shape index (κ2) is 8.12. The molecule has 6 nitrogen and oxygen atoms in total. The third kappa shape index (κ3) is 4.08. The van der Waals surface area contributed by atoms with Crippen LogP contribution in [0.3, 0.4) is 0 Å². The minimum atomic E-state index is -2.48. The van der Waals surface area contributed by atoms with Crippen LogP contribution in [0.5, 0.6) is 0 Å². The van der Waals surface area contributed by atoms with Gasteiger partial charge in [0.05, 0.1) is 12.0 Å². The third-order valence-corrected chi connectivity index (χ3v) is 6.86. The maximum Gasteiger partial charge on any atom is 0.357 e. The molecular weight excluding hydrogens is 363 g/mol. The number of rotatable bonds is 10. The van der Waals surface area contributed by atoms with Crippen molar-refractivity contribution in [1.82, 2.24) is 0 Å². The average molecular weight is 389 g/mol. The lowest BCUT2D eigenvalue weighted by atomic mass is 9.53. The van der Waals surface area contributed by atoms with E-state index in [0.717, 1.165) is 32.1 Å². The fraction of sp³-hybridized carbons (Fsp3) is 0.889. The maximum atomic E-state index is 15.2. The molecule has 8 heteroatoms. The van der Waals surface area contributed by atoms with Crippen molar-refractivity contribution in [3.05, 3.63) is 0 Å². The first-order valence-corrected chi connectivity index (χ1v) is 10.3. The van der Waals surface area contributed by atoms with Crippen LogP contribution in [0.2, 0.25) is 0 Å². The van der Waals surface area contributed by atoms with Crippen LogP contribution in [0.1, 0.15) is 71.1 Å². The van der Waals surface area contributed by atoms with Gasteiger partial charge in [0.25, 0.3) is 5.00 Å². The van der Waals surface area contributed by atoms with Gasteiger partial charge in [-0.15, -0.1) is 0 Å². The van der Waals surface area contributed by atoms with Gasteiger partial charge < -0.3 is 9.99 Å². The molecule has 0 N–H and O–H groups in total. The Kier molecular flexibility index (Phi) is 6.26. The summed E-state index contributed by atoms with van der Waals surface area (Å²) in [7, 11) is 0. The summed E-state index contributed by atoms with van der Waals surface area (Å²) in [4.78, 5) is 24.9. The van der Waals surface area contributed by atoms with Gasteiger partial charge in [0.15, 0.2) is 0 Å². The molecule has 4 rings (SSSR count). The highest BCUT2D eigenvalue weighted by atomic mass is 32.2. The van der Waals surface area contributed by atoms with Crippen molar-refractivity contribution in [3.63, 3.8) is 0 Å². The second-order valence-electron chi connectivity index (χ2n) is 8.08. The normalized spacial score (nSPS) is 34.7. The van der Waals surface area contributed by atoms with E-state index < -0.39 is 16.6 Å². The molecule has 0 aromatic carbocycles. The van der Waals surface area contributed by atoms with Crippen molar-refractivity contribution in [3.8, 4) is 0 Å². The first kappa shape index (κ1) is 20.0. The van der Waals surface area contributed by atoms with Gasteiger partial charge in [-0.2, -0.15) is 4.33 Å². The van der Waals surface area contributed by atoms with Gasteiger partial charge in [-0.1, -0.05) is 26.2 Å². The van der Waals surface area contributed by atoms with Crippen molar-refractivity contribution in [1.29, 1.82) is 0 Å². The second-order valence-corrected chi connectivity index (χ2v) is 9.03. The molecule has 3 atom stereocenters. The van der Waals surface area contributed by atoms with E-state index >= 15 is 4.39 Å². The van der Waals surface area contributed by atoms with Crippen molar-refractivity contribution in [2.45, 2.75) is 81.7 Å². The van der Waals surface area contributed by atoms with Gasteiger partial charge in [-0.05, 0) is 44.4 Å². The van der Waals surface area contributed by atoms with Crippen molar-refractivity contribution < 1.29 is 33.3 Å². The summed E-state index contributed by atoms with van der Waals surface area (Å²) in [5, 5.41) is 10.9. The molecule has 0 spiro atoms. The highest BCUT2D eigenvalue weighted by molar-refractivity contribution is 7.96. The van der Waals surface area contributed by atoms with Gasteiger partial charge in [0.2, 0.25) is 0 Å². The summed E-state index contributed by atoms with van der Waals surface area (Å²) in [5.74, 6) is -0.518. The van der Waals surface area contributed by atoms with E-state index in [1.54, 1.807) is 0 Å². The highest BCUT2D eigenvalue weighted by Gasteiger charge is 2.58. The third-order valence-electron chi connectivity index (χ3n) is 6.10. The molecule has 0 aromatic rings. The smallest absolute Gasteiger partial charge is 0.357 e. The topological polar surface area (TPSA) is 84.9 Å². The predicted octanol–water partition coefficient (Wildman–Crippen LogP) is 3.19. The molecule has 4 bridgehead atoms. The zero-order valence-corrected chi connectivity index (χ0v) is 15.9. The number of carbonyl (C=O) groups excluding carboxylic acids is 2. The van der Waals surface area contributed by atoms with E-state index in [9.17, 15) is 14.8 Å². The number of alkyl halides is 1. The van der Waals surface area contributed by atoms with Crippen LogP contribution in [0.25, 0.3) is 0 Å². The average Bonchev–Trinajstić information content (AvgIpc) is 2.60. The molecule has 3 unspecified atom stereocenters. The lowest BCUT2D eigenvalue weighted by Gasteiger charge is -2.54. The Labute approximate surface area is 157 Å². The highest BCUT2D eigenvalue weighted by Crippen LogP contribution is 2.56. The number of ether oxygens (including phenoxy) is 1. The van der Waals surface area contributed by atoms with Crippen molar-refractivity contribution >= 4 is 23.8 Å². The summed E-state index contributed by atoms with van der Waals surface area (Å²) in [6, 6.07) is 0. The minimum absolute atomic E-state index is 0.0681.